The lowest BCUT2D eigenvalue weighted by atomic mass is 10.1. The van der Waals surface area contributed by atoms with E-state index in [4.69, 9.17) is 4.98 Å². The van der Waals surface area contributed by atoms with Crippen molar-refractivity contribution in [3.63, 3.8) is 0 Å². The van der Waals surface area contributed by atoms with Crippen LogP contribution in [0.5, 0.6) is 0 Å². The van der Waals surface area contributed by atoms with Crippen molar-refractivity contribution >= 4 is 28.1 Å². The van der Waals surface area contributed by atoms with Gasteiger partial charge in [-0.1, -0.05) is 36.6 Å². The minimum atomic E-state index is 0.0770. The Hall–Kier alpha value is -2.66. The first kappa shape index (κ1) is 18.4. The van der Waals surface area contributed by atoms with Crippen LogP contribution in [0.1, 0.15) is 47.2 Å². The van der Waals surface area contributed by atoms with Gasteiger partial charge in [-0.05, 0) is 56.0 Å². The summed E-state index contributed by atoms with van der Waals surface area (Å²) in [7, 11) is 0. The van der Waals surface area contributed by atoms with Gasteiger partial charge in [-0.2, -0.15) is 0 Å². The molecule has 0 unspecified atom stereocenters. The van der Waals surface area contributed by atoms with E-state index in [1.54, 1.807) is 11.3 Å². The molecule has 1 aliphatic carbocycles. The van der Waals surface area contributed by atoms with Crippen molar-refractivity contribution in [3.05, 3.63) is 64.5 Å². The Morgan fingerprint density at radius 1 is 1.14 bits per heavy atom. The molecule has 1 N–H and O–H groups in total. The monoisotopic (exact) mass is 403 g/mol. The van der Waals surface area contributed by atoms with Crippen molar-refractivity contribution < 1.29 is 4.79 Å². The van der Waals surface area contributed by atoms with Crippen LogP contribution in [0.4, 0.5) is 10.8 Å². The summed E-state index contributed by atoms with van der Waals surface area (Å²) in [5.41, 5.74) is 6.30. The highest BCUT2D eigenvalue weighted by Gasteiger charge is 2.26. The van der Waals surface area contributed by atoms with Gasteiger partial charge in [0.25, 0.3) is 5.91 Å². The fraction of sp³-hybridized carbons (Fsp3) is 0.333. The van der Waals surface area contributed by atoms with E-state index in [1.165, 1.54) is 31.2 Å². The molecule has 2 aliphatic rings. The smallest absolute Gasteiger partial charge is 0.258 e. The number of aryl methyl sites for hydroxylation is 1. The first-order valence-corrected chi connectivity index (χ1v) is 11.3. The number of anilines is 2. The van der Waals surface area contributed by atoms with Gasteiger partial charge in [0.15, 0.2) is 5.13 Å². The number of nitrogens with zero attached hydrogens (tertiary/aromatic N) is 2. The second kappa shape index (κ2) is 7.64. The van der Waals surface area contributed by atoms with Crippen molar-refractivity contribution in [3.8, 4) is 11.3 Å². The van der Waals surface area contributed by atoms with Crippen LogP contribution in [0, 0.1) is 6.92 Å². The molecule has 3 aromatic rings. The number of fused-ring (bicyclic) bond motifs is 1. The first-order chi connectivity index (χ1) is 14.2. The summed E-state index contributed by atoms with van der Waals surface area (Å²) in [5.74, 6) is 0.0770. The lowest BCUT2D eigenvalue weighted by Gasteiger charge is -2.17. The topological polar surface area (TPSA) is 45.2 Å². The molecular weight excluding hydrogens is 378 g/mol. The number of carbonyl (C=O) groups excluding carboxylic acids is 1. The predicted molar refractivity (Wildman–Crippen MR) is 120 cm³/mol. The lowest BCUT2D eigenvalue weighted by Crippen LogP contribution is -2.28. The van der Waals surface area contributed by atoms with Gasteiger partial charge < -0.3 is 10.2 Å². The average Bonchev–Trinajstić information content (AvgIpc) is 3.49. The Morgan fingerprint density at radius 3 is 2.72 bits per heavy atom. The Morgan fingerprint density at radius 2 is 1.93 bits per heavy atom. The maximum Gasteiger partial charge on any atom is 0.258 e. The molecule has 0 spiro atoms. The highest BCUT2D eigenvalue weighted by Crippen LogP contribution is 2.34. The standard InChI is InChI=1S/C24H25N3OS/c1-16-6-8-17(9-7-16)23(28)27-13-12-19-14-18(10-11-22(19)27)21-15-29-24(26-21)25-20-4-2-3-5-20/h6-11,14-15,20H,2-5,12-13H2,1H3,(H,25,26). The van der Waals surface area contributed by atoms with E-state index >= 15 is 0 Å². The predicted octanol–water partition coefficient (Wildman–Crippen LogP) is 5.68. The van der Waals surface area contributed by atoms with Crippen LogP contribution in [-0.4, -0.2) is 23.5 Å². The summed E-state index contributed by atoms with van der Waals surface area (Å²) < 4.78 is 0. The highest BCUT2D eigenvalue weighted by atomic mass is 32.1. The van der Waals surface area contributed by atoms with Gasteiger partial charge in [0.2, 0.25) is 0 Å². The molecule has 1 amide bonds. The van der Waals surface area contributed by atoms with Crippen molar-refractivity contribution in [1.82, 2.24) is 4.98 Å². The molecular formula is C24H25N3OS. The minimum Gasteiger partial charge on any atom is -0.359 e. The number of hydrogen-bond acceptors (Lipinski definition) is 4. The molecule has 0 bridgehead atoms. The van der Waals surface area contributed by atoms with Crippen LogP contribution in [0.2, 0.25) is 0 Å². The van der Waals surface area contributed by atoms with Gasteiger partial charge in [-0.15, -0.1) is 11.3 Å². The van der Waals surface area contributed by atoms with E-state index in [0.717, 1.165) is 46.2 Å². The number of hydrogen-bond donors (Lipinski definition) is 1. The SMILES string of the molecule is Cc1ccc(C(=O)N2CCc3cc(-c4csc(NC5CCCC5)n4)ccc32)cc1. The minimum absolute atomic E-state index is 0.0770. The molecule has 4 nitrogen and oxygen atoms in total. The largest absolute Gasteiger partial charge is 0.359 e. The van der Waals surface area contributed by atoms with Crippen LogP contribution in [0.15, 0.2) is 47.8 Å². The zero-order valence-corrected chi connectivity index (χ0v) is 17.5. The van der Waals surface area contributed by atoms with Crippen LogP contribution in [0.25, 0.3) is 11.3 Å². The first-order valence-electron chi connectivity index (χ1n) is 10.4. The zero-order chi connectivity index (χ0) is 19.8. The van der Waals surface area contributed by atoms with Gasteiger partial charge in [-0.25, -0.2) is 4.98 Å². The maximum atomic E-state index is 13.0. The van der Waals surface area contributed by atoms with E-state index in [9.17, 15) is 4.79 Å². The highest BCUT2D eigenvalue weighted by molar-refractivity contribution is 7.14. The van der Waals surface area contributed by atoms with Crippen LogP contribution in [0.3, 0.4) is 0 Å². The number of amides is 1. The molecule has 0 atom stereocenters. The van der Waals surface area contributed by atoms with Gasteiger partial charge in [0.1, 0.15) is 0 Å². The van der Waals surface area contributed by atoms with Crippen LogP contribution in [-0.2, 0) is 6.42 Å². The average molecular weight is 404 g/mol. The fourth-order valence-corrected chi connectivity index (χ4v) is 5.14. The molecule has 148 valence electrons. The van der Waals surface area contributed by atoms with Gasteiger partial charge >= 0.3 is 0 Å². The Kier molecular flexibility index (Phi) is 4.84. The summed E-state index contributed by atoms with van der Waals surface area (Å²) in [5, 5.41) is 6.73. The van der Waals surface area contributed by atoms with Crippen molar-refractivity contribution in [1.29, 1.82) is 0 Å². The zero-order valence-electron chi connectivity index (χ0n) is 16.6. The molecule has 5 rings (SSSR count). The molecule has 29 heavy (non-hydrogen) atoms. The van der Waals surface area contributed by atoms with E-state index in [-0.39, 0.29) is 5.91 Å². The number of nitrogens with one attached hydrogen (secondary N) is 1. The van der Waals surface area contributed by atoms with Gasteiger partial charge in [0, 0.05) is 34.8 Å². The van der Waals surface area contributed by atoms with Crippen LogP contribution >= 0.6 is 11.3 Å². The van der Waals surface area contributed by atoms with E-state index in [1.807, 2.05) is 36.1 Å². The van der Waals surface area contributed by atoms with E-state index in [0.29, 0.717) is 6.04 Å². The molecule has 1 aromatic heterocycles. The van der Waals surface area contributed by atoms with E-state index in [2.05, 4.69) is 28.9 Å². The normalized spacial score (nSPS) is 16.2. The summed E-state index contributed by atoms with van der Waals surface area (Å²) in [4.78, 5) is 19.7. The number of carbonyl (C=O) groups is 1. The second-order valence-corrected chi connectivity index (χ2v) is 8.94. The molecule has 1 aliphatic heterocycles. The van der Waals surface area contributed by atoms with E-state index < -0.39 is 0 Å². The summed E-state index contributed by atoms with van der Waals surface area (Å²) in [6, 6.07) is 14.8. The third-order valence-electron chi connectivity index (χ3n) is 6.00. The molecule has 5 heteroatoms. The molecule has 2 aromatic carbocycles. The molecule has 1 fully saturated rings. The summed E-state index contributed by atoms with van der Waals surface area (Å²) >= 11 is 1.68. The van der Waals surface area contributed by atoms with Crippen molar-refractivity contribution in [2.24, 2.45) is 0 Å². The van der Waals surface area contributed by atoms with Crippen molar-refractivity contribution in [2.75, 3.05) is 16.8 Å². The Bertz CT molecular complexity index is 1030. The van der Waals surface area contributed by atoms with Crippen molar-refractivity contribution in [2.45, 2.75) is 45.1 Å². The van der Waals surface area contributed by atoms with Crippen LogP contribution < -0.4 is 10.2 Å². The molecule has 0 radical (unpaired) electrons. The third-order valence-corrected chi connectivity index (χ3v) is 6.77. The second-order valence-electron chi connectivity index (χ2n) is 8.08. The Labute approximate surface area is 175 Å². The summed E-state index contributed by atoms with van der Waals surface area (Å²) in [6.45, 7) is 2.77. The molecule has 1 saturated carbocycles. The fourth-order valence-electron chi connectivity index (χ4n) is 4.34. The molecule has 0 saturated heterocycles. The number of aromatic nitrogens is 1. The number of benzene rings is 2. The molecule has 2 heterocycles. The number of rotatable bonds is 4. The van der Waals surface area contributed by atoms with Gasteiger partial charge in [-0.3, -0.25) is 4.79 Å². The number of thiazole rings is 1. The maximum absolute atomic E-state index is 13.0. The third kappa shape index (κ3) is 3.67. The van der Waals surface area contributed by atoms with Gasteiger partial charge in [0.05, 0.1) is 5.69 Å². The quantitative estimate of drug-likeness (QED) is 0.610. The summed E-state index contributed by atoms with van der Waals surface area (Å²) in [6.07, 6.45) is 6.02. The Balaban J connectivity index is 1.35. The lowest BCUT2D eigenvalue weighted by molar-refractivity contribution is 0.0989.